The van der Waals surface area contributed by atoms with Crippen LogP contribution in [0.15, 0.2) is 29.1 Å². The number of alkyl halides is 1. The highest BCUT2D eigenvalue weighted by Gasteiger charge is 2.36. The zero-order valence-corrected chi connectivity index (χ0v) is 13.5. The van der Waals surface area contributed by atoms with Gasteiger partial charge in [0.1, 0.15) is 5.67 Å². The van der Waals surface area contributed by atoms with Crippen LogP contribution in [0.25, 0.3) is 0 Å². The predicted molar refractivity (Wildman–Crippen MR) is 84.0 cm³/mol. The van der Waals surface area contributed by atoms with Gasteiger partial charge in [-0.2, -0.15) is 0 Å². The highest BCUT2D eigenvalue weighted by Crippen LogP contribution is 2.26. The molecule has 0 radical (unpaired) electrons. The van der Waals surface area contributed by atoms with Crippen LogP contribution >= 0.6 is 0 Å². The van der Waals surface area contributed by atoms with E-state index in [1.165, 1.54) is 0 Å². The SMILES string of the molecule is Cc1ccc(CNCC2(F)CCN(C(=O)c3nnco3)CC2)nc1. The van der Waals surface area contributed by atoms with Crippen LogP contribution in [0, 0.1) is 6.92 Å². The normalized spacial score (nSPS) is 17.0. The van der Waals surface area contributed by atoms with Crippen molar-refractivity contribution in [3.8, 4) is 0 Å². The van der Waals surface area contributed by atoms with E-state index in [-0.39, 0.29) is 31.2 Å². The van der Waals surface area contributed by atoms with Gasteiger partial charge in [-0.05, 0) is 18.6 Å². The lowest BCUT2D eigenvalue weighted by atomic mass is 9.93. The van der Waals surface area contributed by atoms with Gasteiger partial charge in [0.25, 0.3) is 0 Å². The number of rotatable bonds is 5. The summed E-state index contributed by atoms with van der Waals surface area (Å²) < 4.78 is 19.7. The molecule has 1 N–H and O–H groups in total. The largest absolute Gasteiger partial charge is 0.420 e. The third-order valence-electron chi connectivity index (χ3n) is 4.21. The number of hydrogen-bond donors (Lipinski definition) is 1. The van der Waals surface area contributed by atoms with Gasteiger partial charge in [0.15, 0.2) is 0 Å². The number of hydrogen-bond acceptors (Lipinski definition) is 6. The summed E-state index contributed by atoms with van der Waals surface area (Å²) in [5, 5.41) is 10.2. The van der Waals surface area contributed by atoms with Gasteiger partial charge in [0, 0.05) is 45.2 Å². The summed E-state index contributed by atoms with van der Waals surface area (Å²) in [6, 6.07) is 3.91. The maximum atomic E-state index is 14.8. The number of amides is 1. The fraction of sp³-hybridized carbons (Fsp3) is 0.500. The zero-order chi connectivity index (χ0) is 17.0. The highest BCUT2D eigenvalue weighted by molar-refractivity contribution is 5.89. The van der Waals surface area contributed by atoms with Crippen LogP contribution < -0.4 is 5.32 Å². The molecule has 1 fully saturated rings. The fourth-order valence-corrected chi connectivity index (χ4v) is 2.71. The second kappa shape index (κ2) is 7.04. The number of likely N-dealkylation sites (tertiary alicyclic amines) is 1. The van der Waals surface area contributed by atoms with Gasteiger partial charge in [-0.1, -0.05) is 6.07 Å². The summed E-state index contributed by atoms with van der Waals surface area (Å²) in [7, 11) is 0. The van der Waals surface area contributed by atoms with Crippen molar-refractivity contribution in [2.24, 2.45) is 0 Å². The first-order valence-electron chi connectivity index (χ1n) is 7.92. The lowest BCUT2D eigenvalue weighted by Crippen LogP contribution is -2.48. The quantitative estimate of drug-likeness (QED) is 0.893. The Hall–Kier alpha value is -2.35. The molecule has 0 unspecified atom stereocenters. The smallest absolute Gasteiger partial charge is 0.311 e. The van der Waals surface area contributed by atoms with Crippen LogP contribution in [0.5, 0.6) is 0 Å². The van der Waals surface area contributed by atoms with Gasteiger partial charge in [0.05, 0.1) is 5.69 Å². The topological polar surface area (TPSA) is 84.2 Å². The van der Waals surface area contributed by atoms with E-state index in [4.69, 9.17) is 4.42 Å². The van der Waals surface area contributed by atoms with E-state index in [1.54, 1.807) is 11.1 Å². The molecule has 0 bridgehead atoms. The lowest BCUT2D eigenvalue weighted by molar-refractivity contribution is 0.0406. The van der Waals surface area contributed by atoms with Crippen molar-refractivity contribution in [3.05, 3.63) is 41.9 Å². The Morgan fingerprint density at radius 1 is 1.42 bits per heavy atom. The molecule has 0 aliphatic carbocycles. The lowest BCUT2D eigenvalue weighted by Gasteiger charge is -2.35. The molecule has 0 spiro atoms. The number of piperidine rings is 1. The average Bonchev–Trinajstić information content (AvgIpc) is 3.11. The van der Waals surface area contributed by atoms with E-state index < -0.39 is 5.67 Å². The number of nitrogens with one attached hydrogen (secondary N) is 1. The second-order valence-electron chi connectivity index (χ2n) is 6.12. The number of carbonyl (C=O) groups excluding carboxylic acids is 1. The maximum absolute atomic E-state index is 14.8. The third-order valence-corrected chi connectivity index (χ3v) is 4.21. The molecule has 8 heteroatoms. The van der Waals surface area contributed by atoms with Crippen molar-refractivity contribution in [1.29, 1.82) is 0 Å². The number of nitrogens with zero attached hydrogens (tertiary/aromatic N) is 4. The van der Waals surface area contributed by atoms with Crippen LogP contribution in [0.1, 0.15) is 34.8 Å². The molecule has 7 nitrogen and oxygen atoms in total. The first-order valence-corrected chi connectivity index (χ1v) is 7.92. The molecule has 128 valence electrons. The summed E-state index contributed by atoms with van der Waals surface area (Å²) in [6.07, 6.45) is 3.46. The Morgan fingerprint density at radius 2 is 2.21 bits per heavy atom. The zero-order valence-electron chi connectivity index (χ0n) is 13.5. The third kappa shape index (κ3) is 3.94. The molecule has 3 heterocycles. The van der Waals surface area contributed by atoms with E-state index >= 15 is 0 Å². The number of aryl methyl sites for hydroxylation is 1. The van der Waals surface area contributed by atoms with E-state index in [0.717, 1.165) is 17.7 Å². The first kappa shape index (κ1) is 16.5. The van der Waals surface area contributed by atoms with Gasteiger partial charge in [-0.15, -0.1) is 10.2 Å². The molecule has 2 aromatic heterocycles. The Morgan fingerprint density at radius 3 is 2.83 bits per heavy atom. The van der Waals surface area contributed by atoms with Crippen LogP contribution in [0.2, 0.25) is 0 Å². The standard InChI is InChI=1S/C16H20FN5O2/c1-12-2-3-13(19-8-12)9-18-10-16(17)4-6-22(7-5-16)15(23)14-21-20-11-24-14/h2-3,8,11,18H,4-7,9-10H2,1H3. The molecule has 2 aromatic rings. The molecular formula is C16H20FN5O2. The fourth-order valence-electron chi connectivity index (χ4n) is 2.71. The molecule has 0 atom stereocenters. The van der Waals surface area contributed by atoms with Crippen molar-refractivity contribution < 1.29 is 13.6 Å². The molecule has 1 amide bonds. The van der Waals surface area contributed by atoms with Crippen molar-refractivity contribution >= 4 is 5.91 Å². The van der Waals surface area contributed by atoms with Gasteiger partial charge in [-0.3, -0.25) is 9.78 Å². The van der Waals surface area contributed by atoms with E-state index in [1.807, 2.05) is 19.1 Å². The van der Waals surface area contributed by atoms with Gasteiger partial charge in [0.2, 0.25) is 6.39 Å². The maximum Gasteiger partial charge on any atom is 0.311 e. The Bertz CT molecular complexity index is 666. The van der Waals surface area contributed by atoms with E-state index in [2.05, 4.69) is 20.5 Å². The van der Waals surface area contributed by atoms with Gasteiger partial charge >= 0.3 is 11.8 Å². The van der Waals surface area contributed by atoms with E-state index in [9.17, 15) is 9.18 Å². The van der Waals surface area contributed by atoms with Gasteiger partial charge < -0.3 is 14.6 Å². The summed E-state index contributed by atoms with van der Waals surface area (Å²) in [5.74, 6) is -0.392. The number of halogens is 1. The molecule has 1 aliphatic rings. The monoisotopic (exact) mass is 333 g/mol. The van der Waals surface area contributed by atoms with Crippen LogP contribution in [-0.4, -0.2) is 51.3 Å². The Labute approximate surface area is 139 Å². The molecule has 24 heavy (non-hydrogen) atoms. The van der Waals surface area contributed by atoms with Crippen molar-refractivity contribution in [2.75, 3.05) is 19.6 Å². The molecule has 0 saturated carbocycles. The number of aromatic nitrogens is 3. The highest BCUT2D eigenvalue weighted by atomic mass is 19.1. The Balaban J connectivity index is 1.46. The minimum atomic E-state index is -1.32. The van der Waals surface area contributed by atoms with Crippen LogP contribution in [0.3, 0.4) is 0 Å². The first-order chi connectivity index (χ1) is 11.6. The second-order valence-corrected chi connectivity index (χ2v) is 6.12. The van der Waals surface area contributed by atoms with Crippen molar-refractivity contribution in [1.82, 2.24) is 25.4 Å². The molecular weight excluding hydrogens is 313 g/mol. The van der Waals surface area contributed by atoms with Crippen LogP contribution in [0.4, 0.5) is 4.39 Å². The molecule has 1 saturated heterocycles. The minimum Gasteiger partial charge on any atom is -0.420 e. The average molecular weight is 333 g/mol. The number of pyridine rings is 1. The molecule has 0 aromatic carbocycles. The Kier molecular flexibility index (Phi) is 4.84. The minimum absolute atomic E-state index is 0.0510. The predicted octanol–water partition coefficient (Wildman–Crippen LogP) is 1.51. The van der Waals surface area contributed by atoms with Crippen LogP contribution in [-0.2, 0) is 6.54 Å². The molecule has 1 aliphatic heterocycles. The summed E-state index contributed by atoms with van der Waals surface area (Å²) in [6.45, 7) is 3.41. The van der Waals surface area contributed by atoms with Gasteiger partial charge in [-0.25, -0.2) is 4.39 Å². The molecule has 3 rings (SSSR count). The van der Waals surface area contributed by atoms with E-state index in [0.29, 0.717) is 19.6 Å². The number of carbonyl (C=O) groups is 1. The summed E-state index contributed by atoms with van der Waals surface area (Å²) >= 11 is 0. The summed E-state index contributed by atoms with van der Waals surface area (Å²) in [5.41, 5.74) is 0.656. The summed E-state index contributed by atoms with van der Waals surface area (Å²) in [4.78, 5) is 17.9. The van der Waals surface area contributed by atoms with Crippen molar-refractivity contribution in [3.63, 3.8) is 0 Å². The van der Waals surface area contributed by atoms with Crippen molar-refractivity contribution in [2.45, 2.75) is 32.0 Å².